The molecule has 24 heavy (non-hydrogen) atoms. The maximum Gasteiger partial charge on any atom is 0.0368 e. The van der Waals surface area contributed by atoms with Gasteiger partial charge >= 0.3 is 0 Å². The first-order chi connectivity index (χ1) is 11.8. The molecule has 0 bridgehead atoms. The predicted octanol–water partition coefficient (Wildman–Crippen LogP) is 5.80. The second kappa shape index (κ2) is 6.10. The van der Waals surface area contributed by atoms with Crippen molar-refractivity contribution in [3.05, 3.63) is 96.1 Å². The smallest absolute Gasteiger partial charge is 0.0368 e. The van der Waals surface area contributed by atoms with E-state index in [4.69, 9.17) is 5.73 Å². The Balaban J connectivity index is 1.82. The molecular weight excluding hydrogens is 290 g/mol. The zero-order valence-corrected chi connectivity index (χ0v) is 13.8. The summed E-state index contributed by atoms with van der Waals surface area (Å²) in [5, 5.41) is 5.06. The van der Waals surface area contributed by atoms with Crippen molar-refractivity contribution in [1.82, 2.24) is 0 Å². The minimum Gasteiger partial charge on any atom is -0.323 e. The van der Waals surface area contributed by atoms with E-state index in [-0.39, 0.29) is 12.0 Å². The molecule has 0 fully saturated rings. The van der Waals surface area contributed by atoms with Gasteiger partial charge in [0.15, 0.2) is 0 Å². The Labute approximate surface area is 142 Å². The molecule has 0 aliphatic carbocycles. The Morgan fingerprint density at radius 3 is 1.67 bits per heavy atom. The standard InChI is InChI=1S/C23H21N/c1-16(19-14-6-10-17-8-2-4-12-20(17)19)23(24)22-15-7-11-18-9-3-5-13-21(18)22/h2-16,23H,24H2,1H3/t16-,23+/m0/s1. The maximum atomic E-state index is 6.73. The Morgan fingerprint density at radius 1 is 0.583 bits per heavy atom. The summed E-state index contributed by atoms with van der Waals surface area (Å²) in [6.07, 6.45) is 0. The molecule has 4 aromatic carbocycles. The molecule has 2 atom stereocenters. The first-order valence-corrected chi connectivity index (χ1v) is 8.46. The van der Waals surface area contributed by atoms with Crippen molar-refractivity contribution in [2.75, 3.05) is 0 Å². The summed E-state index contributed by atoms with van der Waals surface area (Å²) >= 11 is 0. The molecule has 0 amide bonds. The van der Waals surface area contributed by atoms with E-state index < -0.39 is 0 Å². The lowest BCUT2D eigenvalue weighted by Gasteiger charge is -2.23. The van der Waals surface area contributed by atoms with Crippen LogP contribution in [-0.2, 0) is 0 Å². The van der Waals surface area contributed by atoms with Gasteiger partial charge in [0.2, 0.25) is 0 Å². The Hall–Kier alpha value is -2.64. The summed E-state index contributed by atoms with van der Waals surface area (Å²) in [4.78, 5) is 0. The first-order valence-electron chi connectivity index (χ1n) is 8.46. The average molecular weight is 311 g/mol. The Bertz CT molecular complexity index is 909. The Morgan fingerprint density at radius 2 is 1.04 bits per heavy atom. The molecule has 0 saturated heterocycles. The second-order valence-corrected chi connectivity index (χ2v) is 6.45. The summed E-state index contributed by atoms with van der Waals surface area (Å²) in [5.41, 5.74) is 9.26. The number of nitrogens with two attached hydrogens (primary N) is 1. The third kappa shape index (κ3) is 2.47. The van der Waals surface area contributed by atoms with Gasteiger partial charge < -0.3 is 5.73 Å². The van der Waals surface area contributed by atoms with Crippen molar-refractivity contribution in [1.29, 1.82) is 0 Å². The van der Waals surface area contributed by atoms with Crippen molar-refractivity contribution in [2.24, 2.45) is 5.73 Å². The van der Waals surface area contributed by atoms with E-state index >= 15 is 0 Å². The van der Waals surface area contributed by atoms with Gasteiger partial charge in [0.25, 0.3) is 0 Å². The van der Waals surface area contributed by atoms with Crippen LogP contribution in [0.1, 0.15) is 30.0 Å². The minimum absolute atomic E-state index is 0.0399. The second-order valence-electron chi connectivity index (χ2n) is 6.45. The van der Waals surface area contributed by atoms with E-state index in [1.807, 2.05) is 0 Å². The highest BCUT2D eigenvalue weighted by molar-refractivity contribution is 5.88. The molecule has 0 aromatic heterocycles. The van der Waals surface area contributed by atoms with Crippen LogP contribution in [0, 0.1) is 0 Å². The van der Waals surface area contributed by atoms with Gasteiger partial charge in [-0.25, -0.2) is 0 Å². The highest BCUT2D eigenvalue weighted by Crippen LogP contribution is 2.35. The quantitative estimate of drug-likeness (QED) is 0.508. The van der Waals surface area contributed by atoms with Gasteiger partial charge in [-0.1, -0.05) is 91.9 Å². The fourth-order valence-electron chi connectivity index (χ4n) is 3.65. The van der Waals surface area contributed by atoms with Gasteiger partial charge in [-0.2, -0.15) is 0 Å². The van der Waals surface area contributed by atoms with Crippen LogP contribution in [0.15, 0.2) is 84.9 Å². The molecule has 0 spiro atoms. The van der Waals surface area contributed by atoms with Crippen molar-refractivity contribution < 1.29 is 0 Å². The lowest BCUT2D eigenvalue weighted by molar-refractivity contribution is 0.605. The first kappa shape index (κ1) is 14.9. The highest BCUT2D eigenvalue weighted by atomic mass is 14.6. The summed E-state index contributed by atoms with van der Waals surface area (Å²) in [5.74, 6) is 0.238. The average Bonchev–Trinajstić information content (AvgIpc) is 2.66. The lowest BCUT2D eigenvalue weighted by Crippen LogP contribution is -2.18. The third-order valence-electron chi connectivity index (χ3n) is 5.04. The topological polar surface area (TPSA) is 26.0 Å². The van der Waals surface area contributed by atoms with Crippen LogP contribution in [0.3, 0.4) is 0 Å². The number of hydrogen-bond donors (Lipinski definition) is 1. The minimum atomic E-state index is -0.0399. The van der Waals surface area contributed by atoms with Crippen LogP contribution >= 0.6 is 0 Å². The number of hydrogen-bond acceptors (Lipinski definition) is 1. The number of benzene rings is 4. The molecule has 0 heterocycles. The van der Waals surface area contributed by atoms with Crippen LogP contribution in [0.5, 0.6) is 0 Å². The monoisotopic (exact) mass is 311 g/mol. The van der Waals surface area contributed by atoms with E-state index in [1.54, 1.807) is 0 Å². The van der Waals surface area contributed by atoms with Crippen LogP contribution in [0.25, 0.3) is 21.5 Å². The zero-order valence-electron chi connectivity index (χ0n) is 13.8. The SMILES string of the molecule is C[C@@H](c1cccc2ccccc12)[C@@H](N)c1cccc2ccccc12. The van der Waals surface area contributed by atoms with Crippen molar-refractivity contribution in [2.45, 2.75) is 18.9 Å². The van der Waals surface area contributed by atoms with Crippen molar-refractivity contribution in [3.8, 4) is 0 Å². The lowest BCUT2D eigenvalue weighted by atomic mass is 9.85. The molecule has 1 nitrogen and oxygen atoms in total. The molecule has 0 radical (unpaired) electrons. The molecule has 0 saturated carbocycles. The van der Waals surface area contributed by atoms with Gasteiger partial charge in [-0.3, -0.25) is 0 Å². The van der Waals surface area contributed by atoms with E-state index in [2.05, 4.69) is 91.9 Å². The Kier molecular flexibility index (Phi) is 3.79. The van der Waals surface area contributed by atoms with E-state index in [1.165, 1.54) is 32.7 Å². The number of fused-ring (bicyclic) bond motifs is 2. The fraction of sp³-hybridized carbons (Fsp3) is 0.130. The van der Waals surface area contributed by atoms with E-state index in [0.717, 1.165) is 0 Å². The van der Waals surface area contributed by atoms with Crippen LogP contribution in [-0.4, -0.2) is 0 Å². The van der Waals surface area contributed by atoms with Crippen LogP contribution < -0.4 is 5.73 Å². The van der Waals surface area contributed by atoms with Crippen molar-refractivity contribution in [3.63, 3.8) is 0 Å². The predicted molar refractivity (Wildman–Crippen MR) is 103 cm³/mol. The molecule has 0 unspecified atom stereocenters. The molecule has 4 rings (SSSR count). The van der Waals surface area contributed by atoms with Crippen molar-refractivity contribution >= 4 is 21.5 Å². The van der Waals surface area contributed by atoms with E-state index in [9.17, 15) is 0 Å². The third-order valence-corrected chi connectivity index (χ3v) is 5.04. The molecular formula is C23H21N. The molecule has 0 aliphatic heterocycles. The van der Waals surface area contributed by atoms with Gasteiger partial charge in [-0.15, -0.1) is 0 Å². The van der Waals surface area contributed by atoms with Gasteiger partial charge in [0, 0.05) is 12.0 Å². The summed E-state index contributed by atoms with van der Waals surface area (Å²) < 4.78 is 0. The normalized spacial score (nSPS) is 13.9. The zero-order chi connectivity index (χ0) is 16.5. The van der Waals surface area contributed by atoms with Crippen LogP contribution in [0.2, 0.25) is 0 Å². The van der Waals surface area contributed by atoms with Gasteiger partial charge in [0.1, 0.15) is 0 Å². The number of rotatable bonds is 3. The summed E-state index contributed by atoms with van der Waals surface area (Å²) in [6.45, 7) is 2.23. The molecule has 2 N–H and O–H groups in total. The van der Waals surface area contributed by atoms with Gasteiger partial charge in [-0.05, 0) is 32.7 Å². The summed E-state index contributed by atoms with van der Waals surface area (Å²) in [7, 11) is 0. The maximum absolute atomic E-state index is 6.73. The summed E-state index contributed by atoms with van der Waals surface area (Å²) in [6, 6.07) is 29.9. The highest BCUT2D eigenvalue weighted by Gasteiger charge is 2.20. The van der Waals surface area contributed by atoms with Gasteiger partial charge in [0.05, 0.1) is 0 Å². The molecule has 1 heteroatoms. The largest absolute Gasteiger partial charge is 0.323 e. The molecule has 0 aliphatic rings. The molecule has 118 valence electrons. The van der Waals surface area contributed by atoms with Crippen LogP contribution in [0.4, 0.5) is 0 Å². The van der Waals surface area contributed by atoms with E-state index in [0.29, 0.717) is 0 Å². The fourth-order valence-corrected chi connectivity index (χ4v) is 3.65. The molecule has 4 aromatic rings.